The zero-order valence-corrected chi connectivity index (χ0v) is 14.8. The smallest absolute Gasteiger partial charge is 0.231 e. The summed E-state index contributed by atoms with van der Waals surface area (Å²) in [5.41, 5.74) is 4.84. The molecule has 5 rings (SSSR count). The van der Waals surface area contributed by atoms with Gasteiger partial charge in [-0.3, -0.25) is 4.79 Å². The molecule has 3 heterocycles. The number of aromatic nitrogens is 1. The number of nitrogens with one attached hydrogen (secondary N) is 1. The molecule has 2 aliphatic rings. The Balaban J connectivity index is 1.39. The topological polar surface area (TPSA) is 63.7 Å². The van der Waals surface area contributed by atoms with Gasteiger partial charge in [-0.15, -0.1) is 11.3 Å². The average Bonchev–Trinajstić information content (AvgIpc) is 3.35. The van der Waals surface area contributed by atoms with Crippen molar-refractivity contribution in [2.24, 2.45) is 0 Å². The van der Waals surface area contributed by atoms with Gasteiger partial charge in [0.15, 0.2) is 16.6 Å². The van der Waals surface area contributed by atoms with Crippen LogP contribution in [0.2, 0.25) is 0 Å². The highest BCUT2D eigenvalue weighted by atomic mass is 32.1. The molecule has 130 valence electrons. The third-order valence-corrected chi connectivity index (χ3v) is 5.34. The van der Waals surface area contributed by atoms with Crippen LogP contribution in [0.3, 0.4) is 0 Å². The highest BCUT2D eigenvalue weighted by Crippen LogP contribution is 2.37. The Morgan fingerprint density at radius 3 is 2.96 bits per heavy atom. The fourth-order valence-electron chi connectivity index (χ4n) is 3.19. The van der Waals surface area contributed by atoms with Gasteiger partial charge in [0.05, 0.1) is 12.1 Å². The molecule has 6 nitrogen and oxygen atoms in total. The van der Waals surface area contributed by atoms with Crippen molar-refractivity contribution < 1.29 is 14.3 Å². The van der Waals surface area contributed by atoms with Gasteiger partial charge >= 0.3 is 0 Å². The van der Waals surface area contributed by atoms with Gasteiger partial charge in [0.25, 0.3) is 0 Å². The molecule has 3 aromatic rings. The first-order chi connectivity index (χ1) is 12.7. The van der Waals surface area contributed by atoms with Crippen LogP contribution < -0.4 is 19.7 Å². The Morgan fingerprint density at radius 2 is 2.04 bits per heavy atom. The summed E-state index contributed by atoms with van der Waals surface area (Å²) < 4.78 is 10.7. The molecule has 7 heteroatoms. The Kier molecular flexibility index (Phi) is 3.36. The SMILES string of the molecule is CN1C(=O)Cc2cc(-c3csc(Nc4ccc5c(c4)OCO5)n3)ccc21. The van der Waals surface area contributed by atoms with E-state index in [0.29, 0.717) is 6.42 Å². The van der Waals surface area contributed by atoms with Crippen LogP contribution >= 0.6 is 11.3 Å². The van der Waals surface area contributed by atoms with Crippen LogP contribution in [0.1, 0.15) is 5.56 Å². The van der Waals surface area contributed by atoms with E-state index in [2.05, 4.69) is 16.4 Å². The molecule has 1 N–H and O–H groups in total. The highest BCUT2D eigenvalue weighted by Gasteiger charge is 2.24. The van der Waals surface area contributed by atoms with Crippen LogP contribution in [0.15, 0.2) is 41.8 Å². The van der Waals surface area contributed by atoms with E-state index < -0.39 is 0 Å². The summed E-state index contributed by atoms with van der Waals surface area (Å²) >= 11 is 1.54. The maximum atomic E-state index is 11.9. The predicted octanol–water partition coefficient (Wildman–Crippen LogP) is 3.80. The highest BCUT2D eigenvalue weighted by molar-refractivity contribution is 7.14. The van der Waals surface area contributed by atoms with E-state index in [-0.39, 0.29) is 12.7 Å². The molecule has 1 aromatic heterocycles. The van der Waals surface area contributed by atoms with Gasteiger partial charge in [-0.2, -0.15) is 0 Å². The lowest BCUT2D eigenvalue weighted by molar-refractivity contribution is -0.117. The number of hydrogen-bond acceptors (Lipinski definition) is 6. The van der Waals surface area contributed by atoms with Crippen molar-refractivity contribution in [1.82, 2.24) is 4.98 Å². The summed E-state index contributed by atoms with van der Waals surface area (Å²) in [7, 11) is 1.81. The fourth-order valence-corrected chi connectivity index (χ4v) is 3.93. The Morgan fingerprint density at radius 1 is 1.15 bits per heavy atom. The number of rotatable bonds is 3. The van der Waals surface area contributed by atoms with E-state index in [1.165, 1.54) is 11.3 Å². The molecule has 0 saturated heterocycles. The van der Waals surface area contributed by atoms with Crippen LogP contribution in [-0.4, -0.2) is 24.7 Å². The van der Waals surface area contributed by atoms with E-state index >= 15 is 0 Å². The van der Waals surface area contributed by atoms with Crippen LogP contribution in [0, 0.1) is 0 Å². The second-order valence-electron chi connectivity index (χ2n) is 6.20. The molecule has 0 saturated carbocycles. The molecular weight excluding hydrogens is 350 g/mol. The van der Waals surface area contributed by atoms with Crippen LogP contribution in [-0.2, 0) is 11.2 Å². The molecule has 1 amide bonds. The molecule has 0 bridgehead atoms. The van der Waals surface area contributed by atoms with Crippen molar-refractivity contribution in [1.29, 1.82) is 0 Å². The quantitative estimate of drug-likeness (QED) is 0.765. The molecular formula is C19H15N3O3S. The van der Waals surface area contributed by atoms with Crippen molar-refractivity contribution in [2.45, 2.75) is 6.42 Å². The summed E-state index contributed by atoms with van der Waals surface area (Å²) in [4.78, 5) is 18.2. The number of nitrogens with zero attached hydrogens (tertiary/aromatic N) is 2. The molecule has 2 aliphatic heterocycles. The normalized spacial score (nSPS) is 14.7. The number of ether oxygens (including phenoxy) is 2. The minimum Gasteiger partial charge on any atom is -0.454 e. The van der Waals surface area contributed by atoms with Crippen LogP contribution in [0.5, 0.6) is 11.5 Å². The number of benzene rings is 2. The molecule has 0 fully saturated rings. The van der Waals surface area contributed by atoms with E-state index in [4.69, 9.17) is 9.47 Å². The van der Waals surface area contributed by atoms with Gasteiger partial charge in [0.2, 0.25) is 12.7 Å². The van der Waals surface area contributed by atoms with E-state index in [1.807, 2.05) is 42.8 Å². The van der Waals surface area contributed by atoms with Gasteiger partial charge in [0, 0.05) is 35.4 Å². The van der Waals surface area contributed by atoms with E-state index in [9.17, 15) is 4.79 Å². The summed E-state index contributed by atoms with van der Waals surface area (Å²) in [5.74, 6) is 1.62. The predicted molar refractivity (Wildman–Crippen MR) is 101 cm³/mol. The number of likely N-dealkylation sites (N-methyl/N-ethyl adjacent to an activating group) is 1. The lowest BCUT2D eigenvalue weighted by Gasteiger charge is -2.09. The summed E-state index contributed by atoms with van der Waals surface area (Å²) in [6.45, 7) is 0.260. The largest absolute Gasteiger partial charge is 0.454 e. The molecule has 0 atom stereocenters. The van der Waals surface area contributed by atoms with Crippen molar-refractivity contribution in [3.8, 4) is 22.8 Å². The third-order valence-electron chi connectivity index (χ3n) is 4.58. The second kappa shape index (κ2) is 5.74. The van der Waals surface area contributed by atoms with Gasteiger partial charge < -0.3 is 19.7 Å². The van der Waals surface area contributed by atoms with Gasteiger partial charge in [-0.25, -0.2) is 4.98 Å². The fraction of sp³-hybridized carbons (Fsp3) is 0.158. The third kappa shape index (κ3) is 2.48. The molecule has 0 unspecified atom stereocenters. The number of fused-ring (bicyclic) bond motifs is 2. The van der Waals surface area contributed by atoms with Gasteiger partial charge in [-0.1, -0.05) is 6.07 Å². The lowest BCUT2D eigenvalue weighted by Crippen LogP contribution is -2.20. The minimum absolute atomic E-state index is 0.126. The first-order valence-corrected chi connectivity index (χ1v) is 9.07. The number of thiazole rings is 1. The number of carbonyl (C=O) groups is 1. The van der Waals surface area contributed by atoms with Gasteiger partial charge in [-0.05, 0) is 29.8 Å². The summed E-state index contributed by atoms with van der Waals surface area (Å²) in [6.07, 6.45) is 0.451. The minimum atomic E-state index is 0.126. The molecule has 0 radical (unpaired) electrons. The van der Waals surface area contributed by atoms with E-state index in [1.54, 1.807) is 4.90 Å². The Bertz CT molecular complexity index is 1030. The number of hydrogen-bond donors (Lipinski definition) is 1. The van der Waals surface area contributed by atoms with Crippen LogP contribution in [0.25, 0.3) is 11.3 Å². The van der Waals surface area contributed by atoms with Crippen molar-refractivity contribution >= 4 is 33.8 Å². The number of amides is 1. The zero-order valence-electron chi connectivity index (χ0n) is 14.0. The first-order valence-electron chi connectivity index (χ1n) is 8.19. The Labute approximate surface area is 154 Å². The molecule has 2 aromatic carbocycles. The number of anilines is 3. The maximum absolute atomic E-state index is 11.9. The van der Waals surface area contributed by atoms with Gasteiger partial charge in [0.1, 0.15) is 0 Å². The maximum Gasteiger partial charge on any atom is 0.231 e. The standard InChI is InChI=1S/C19H15N3O3S/c1-22-15-4-2-11(6-12(15)7-18(22)23)14-9-26-19(21-14)20-13-3-5-16-17(8-13)25-10-24-16/h2-6,8-9H,7,10H2,1H3,(H,20,21). The van der Waals surface area contributed by atoms with Crippen molar-refractivity contribution in [3.63, 3.8) is 0 Å². The van der Waals surface area contributed by atoms with Crippen molar-refractivity contribution in [3.05, 3.63) is 47.3 Å². The summed E-state index contributed by atoms with van der Waals surface area (Å²) in [5, 5.41) is 6.11. The Hall–Kier alpha value is -3.06. The molecule has 26 heavy (non-hydrogen) atoms. The lowest BCUT2D eigenvalue weighted by atomic mass is 10.1. The van der Waals surface area contributed by atoms with Crippen LogP contribution in [0.4, 0.5) is 16.5 Å². The average molecular weight is 365 g/mol. The molecule has 0 aliphatic carbocycles. The first kappa shape index (κ1) is 15.2. The second-order valence-corrected chi connectivity index (χ2v) is 7.06. The zero-order chi connectivity index (χ0) is 17.7. The number of carbonyl (C=O) groups excluding carboxylic acids is 1. The monoisotopic (exact) mass is 365 g/mol. The molecule has 0 spiro atoms. The van der Waals surface area contributed by atoms with E-state index in [0.717, 1.165) is 44.8 Å². The summed E-state index contributed by atoms with van der Waals surface area (Å²) in [6, 6.07) is 11.8. The van der Waals surface area contributed by atoms with Crippen molar-refractivity contribution in [2.75, 3.05) is 24.1 Å².